The third-order valence-corrected chi connectivity index (χ3v) is 4.27. The second-order valence-electron chi connectivity index (χ2n) is 4.85. The molecule has 0 bridgehead atoms. The van der Waals surface area contributed by atoms with Crippen LogP contribution in [0.5, 0.6) is 0 Å². The molecular weight excluding hydrogens is 419 g/mol. The quantitative estimate of drug-likeness (QED) is 0.371. The van der Waals surface area contributed by atoms with E-state index in [1.165, 1.54) is 4.88 Å². The van der Waals surface area contributed by atoms with E-state index in [2.05, 4.69) is 62.4 Å². The van der Waals surface area contributed by atoms with Gasteiger partial charge in [0.15, 0.2) is 5.96 Å². The maximum absolute atomic E-state index is 4.47. The molecule has 0 fully saturated rings. The van der Waals surface area contributed by atoms with E-state index in [-0.39, 0.29) is 24.0 Å². The lowest BCUT2D eigenvalue weighted by atomic mass is 10.1. The van der Waals surface area contributed by atoms with Crippen LogP contribution in [0.2, 0.25) is 0 Å². The van der Waals surface area contributed by atoms with E-state index in [0.29, 0.717) is 6.54 Å². The SMILES string of the molecule is CN=C(NCc1cccs1)NCc1cccc2cccnc12.I. The summed E-state index contributed by atoms with van der Waals surface area (Å²) in [4.78, 5) is 10.0. The number of thiophene rings is 1. The molecule has 0 unspecified atom stereocenters. The van der Waals surface area contributed by atoms with Gasteiger partial charge in [-0.25, -0.2) is 0 Å². The van der Waals surface area contributed by atoms with Crippen LogP contribution in [0.3, 0.4) is 0 Å². The summed E-state index contributed by atoms with van der Waals surface area (Å²) in [6, 6.07) is 14.4. The highest BCUT2D eigenvalue weighted by molar-refractivity contribution is 14.0. The Labute approximate surface area is 157 Å². The molecular formula is C17H19IN4S. The monoisotopic (exact) mass is 438 g/mol. The molecule has 0 saturated carbocycles. The summed E-state index contributed by atoms with van der Waals surface area (Å²) < 4.78 is 0. The topological polar surface area (TPSA) is 49.3 Å². The van der Waals surface area contributed by atoms with Gasteiger partial charge in [-0.2, -0.15) is 0 Å². The van der Waals surface area contributed by atoms with Crippen molar-refractivity contribution in [2.45, 2.75) is 13.1 Å². The Morgan fingerprint density at radius 3 is 2.70 bits per heavy atom. The second kappa shape index (κ2) is 8.83. The number of nitrogens with one attached hydrogen (secondary N) is 2. The molecule has 0 aliphatic heterocycles. The van der Waals surface area contributed by atoms with Crippen LogP contribution in [0.15, 0.2) is 59.0 Å². The highest BCUT2D eigenvalue weighted by Gasteiger charge is 2.03. The number of nitrogens with zero attached hydrogens (tertiary/aromatic N) is 2. The number of fused-ring (bicyclic) bond motifs is 1. The Balaban J connectivity index is 0.00000192. The largest absolute Gasteiger partial charge is 0.352 e. The molecule has 2 heterocycles. The van der Waals surface area contributed by atoms with Gasteiger partial charge in [0.1, 0.15) is 0 Å². The number of halogens is 1. The van der Waals surface area contributed by atoms with Crippen LogP contribution < -0.4 is 10.6 Å². The van der Waals surface area contributed by atoms with Crippen LogP contribution in [0, 0.1) is 0 Å². The van der Waals surface area contributed by atoms with Crippen molar-refractivity contribution in [3.05, 3.63) is 64.5 Å². The predicted octanol–water partition coefficient (Wildman–Crippen LogP) is 3.78. The van der Waals surface area contributed by atoms with Crippen molar-refractivity contribution in [1.29, 1.82) is 0 Å². The highest BCUT2D eigenvalue weighted by atomic mass is 127. The first-order chi connectivity index (χ1) is 10.9. The van der Waals surface area contributed by atoms with Gasteiger partial charge in [0.25, 0.3) is 0 Å². The fourth-order valence-corrected chi connectivity index (χ4v) is 2.94. The van der Waals surface area contributed by atoms with Crippen LogP contribution in [-0.2, 0) is 13.1 Å². The van der Waals surface area contributed by atoms with Gasteiger partial charge in [-0.15, -0.1) is 35.3 Å². The lowest BCUT2D eigenvalue weighted by Gasteiger charge is -2.12. The van der Waals surface area contributed by atoms with E-state index in [1.807, 2.05) is 12.3 Å². The number of aliphatic imine (C=N–C) groups is 1. The van der Waals surface area contributed by atoms with E-state index >= 15 is 0 Å². The van der Waals surface area contributed by atoms with Gasteiger partial charge in [0.05, 0.1) is 12.1 Å². The smallest absolute Gasteiger partial charge is 0.191 e. The molecule has 2 aromatic heterocycles. The van der Waals surface area contributed by atoms with Crippen molar-refractivity contribution in [3.8, 4) is 0 Å². The number of hydrogen-bond donors (Lipinski definition) is 2. The minimum absolute atomic E-state index is 0. The van der Waals surface area contributed by atoms with Crippen LogP contribution >= 0.6 is 35.3 Å². The van der Waals surface area contributed by atoms with Gasteiger partial charge in [-0.05, 0) is 23.1 Å². The third-order valence-electron chi connectivity index (χ3n) is 3.40. The number of benzene rings is 1. The highest BCUT2D eigenvalue weighted by Crippen LogP contribution is 2.15. The fraction of sp³-hybridized carbons (Fsp3) is 0.176. The van der Waals surface area contributed by atoms with Crippen molar-refractivity contribution >= 4 is 52.2 Å². The summed E-state index contributed by atoms with van der Waals surface area (Å²) in [5.41, 5.74) is 2.20. The summed E-state index contributed by atoms with van der Waals surface area (Å²) in [7, 11) is 1.78. The maximum Gasteiger partial charge on any atom is 0.191 e. The van der Waals surface area contributed by atoms with Crippen LogP contribution in [0.1, 0.15) is 10.4 Å². The molecule has 3 rings (SSSR count). The van der Waals surface area contributed by atoms with Crippen molar-refractivity contribution < 1.29 is 0 Å². The van der Waals surface area contributed by atoms with Crippen molar-refractivity contribution in [1.82, 2.24) is 15.6 Å². The number of rotatable bonds is 4. The summed E-state index contributed by atoms with van der Waals surface area (Å²) >= 11 is 1.74. The maximum atomic E-state index is 4.47. The van der Waals surface area contributed by atoms with E-state index < -0.39 is 0 Å². The standard InChI is InChI=1S/C17H18N4S.HI/c1-18-17(21-12-15-8-4-10-22-15)20-11-14-6-2-5-13-7-3-9-19-16(13)14;/h2-10H,11-12H2,1H3,(H2,18,20,21);1H. The zero-order valence-corrected chi connectivity index (χ0v) is 16.0. The number of guanidine groups is 1. The average Bonchev–Trinajstić information content (AvgIpc) is 3.08. The van der Waals surface area contributed by atoms with Gasteiger partial charge >= 0.3 is 0 Å². The van der Waals surface area contributed by atoms with Crippen molar-refractivity contribution in [2.24, 2.45) is 4.99 Å². The zero-order chi connectivity index (χ0) is 15.2. The Morgan fingerprint density at radius 1 is 1.09 bits per heavy atom. The van der Waals surface area contributed by atoms with Gasteiger partial charge in [-0.3, -0.25) is 9.98 Å². The van der Waals surface area contributed by atoms with Crippen molar-refractivity contribution in [3.63, 3.8) is 0 Å². The second-order valence-corrected chi connectivity index (χ2v) is 5.88. The predicted molar refractivity (Wildman–Crippen MR) is 109 cm³/mol. The van der Waals surface area contributed by atoms with Crippen molar-refractivity contribution in [2.75, 3.05) is 7.05 Å². The molecule has 0 aliphatic rings. The Kier molecular flexibility index (Phi) is 6.79. The minimum atomic E-state index is 0. The van der Waals surface area contributed by atoms with Crippen LogP contribution in [0.4, 0.5) is 0 Å². The van der Waals surface area contributed by atoms with Gasteiger partial charge in [0, 0.05) is 30.1 Å². The Bertz CT molecular complexity index is 766. The first-order valence-electron chi connectivity index (χ1n) is 7.16. The molecule has 2 N–H and O–H groups in total. The molecule has 120 valence electrons. The van der Waals surface area contributed by atoms with Crippen LogP contribution in [0.25, 0.3) is 10.9 Å². The van der Waals surface area contributed by atoms with E-state index in [1.54, 1.807) is 18.4 Å². The van der Waals surface area contributed by atoms with Gasteiger partial charge < -0.3 is 10.6 Å². The molecule has 1 aromatic carbocycles. The molecule has 0 atom stereocenters. The molecule has 0 radical (unpaired) electrons. The fourth-order valence-electron chi connectivity index (χ4n) is 2.29. The molecule has 3 aromatic rings. The molecule has 23 heavy (non-hydrogen) atoms. The summed E-state index contributed by atoms with van der Waals surface area (Å²) in [6.45, 7) is 1.48. The summed E-state index contributed by atoms with van der Waals surface area (Å²) in [6.07, 6.45) is 1.83. The first-order valence-corrected chi connectivity index (χ1v) is 8.04. The van der Waals surface area contributed by atoms with Gasteiger partial charge in [0.2, 0.25) is 0 Å². The average molecular weight is 438 g/mol. The first kappa shape index (κ1) is 17.7. The molecule has 6 heteroatoms. The van der Waals surface area contributed by atoms with Crippen LogP contribution in [-0.4, -0.2) is 18.0 Å². The summed E-state index contributed by atoms with van der Waals surface area (Å²) in [5, 5.41) is 9.90. The molecule has 0 aliphatic carbocycles. The third kappa shape index (κ3) is 4.65. The number of pyridine rings is 1. The molecule has 0 spiro atoms. The molecule has 0 saturated heterocycles. The molecule has 4 nitrogen and oxygen atoms in total. The lowest BCUT2D eigenvalue weighted by Crippen LogP contribution is -2.36. The summed E-state index contributed by atoms with van der Waals surface area (Å²) in [5.74, 6) is 0.793. The molecule has 0 amide bonds. The minimum Gasteiger partial charge on any atom is -0.352 e. The number of para-hydroxylation sites is 1. The van der Waals surface area contributed by atoms with E-state index in [4.69, 9.17) is 0 Å². The van der Waals surface area contributed by atoms with E-state index in [0.717, 1.165) is 29.0 Å². The van der Waals surface area contributed by atoms with E-state index in [9.17, 15) is 0 Å². The number of hydrogen-bond acceptors (Lipinski definition) is 3. The number of aromatic nitrogens is 1. The normalized spacial score (nSPS) is 11.1. The Morgan fingerprint density at radius 2 is 1.91 bits per heavy atom. The Hall–Kier alpha value is -1.67. The lowest BCUT2D eigenvalue weighted by molar-refractivity contribution is 0.817. The van der Waals surface area contributed by atoms with Gasteiger partial charge in [-0.1, -0.05) is 30.3 Å². The zero-order valence-electron chi connectivity index (χ0n) is 12.8.